The molecule has 2 rings (SSSR count). The van der Waals surface area contributed by atoms with E-state index in [0.29, 0.717) is 13.0 Å². The Hall–Kier alpha value is -2.20. The second-order valence-electron chi connectivity index (χ2n) is 4.87. The second-order valence-corrected chi connectivity index (χ2v) is 4.87. The summed E-state index contributed by atoms with van der Waals surface area (Å²) in [6.45, 7) is 0.724. The zero-order valence-electron chi connectivity index (χ0n) is 11.8. The molecule has 0 aliphatic carbocycles. The third-order valence-electron chi connectivity index (χ3n) is 3.36. The minimum absolute atomic E-state index is 0.0971. The van der Waals surface area contributed by atoms with E-state index in [1.54, 1.807) is 6.07 Å². The lowest BCUT2D eigenvalue weighted by molar-refractivity contribution is -0.122. The van der Waals surface area contributed by atoms with Crippen molar-refractivity contribution in [3.8, 4) is 0 Å². The van der Waals surface area contributed by atoms with Crippen molar-refractivity contribution in [1.82, 2.24) is 5.32 Å². The average molecular weight is 286 g/mol. The van der Waals surface area contributed by atoms with Crippen LogP contribution in [0.4, 0.5) is 4.39 Å². The van der Waals surface area contributed by atoms with Gasteiger partial charge in [0.25, 0.3) is 0 Å². The van der Waals surface area contributed by atoms with Gasteiger partial charge in [-0.25, -0.2) is 4.39 Å². The van der Waals surface area contributed by atoms with Crippen molar-refractivity contribution < 1.29 is 9.18 Å². The molecule has 21 heavy (non-hydrogen) atoms. The van der Waals surface area contributed by atoms with Crippen molar-refractivity contribution >= 4 is 5.91 Å². The van der Waals surface area contributed by atoms with E-state index >= 15 is 0 Å². The SMILES string of the molecule is NCC(C(=O)NCCc1cccc(F)c1)c1ccccc1. The number of halogens is 1. The van der Waals surface area contributed by atoms with Crippen LogP contribution in [0.25, 0.3) is 0 Å². The van der Waals surface area contributed by atoms with Crippen LogP contribution in [0.3, 0.4) is 0 Å². The van der Waals surface area contributed by atoms with Gasteiger partial charge in [0.2, 0.25) is 5.91 Å². The molecule has 2 aromatic carbocycles. The largest absolute Gasteiger partial charge is 0.355 e. The van der Waals surface area contributed by atoms with Crippen LogP contribution in [0.1, 0.15) is 17.0 Å². The molecule has 0 saturated heterocycles. The summed E-state index contributed by atoms with van der Waals surface area (Å²) in [5.74, 6) is -0.707. The fourth-order valence-corrected chi connectivity index (χ4v) is 2.23. The Morgan fingerprint density at radius 1 is 1.14 bits per heavy atom. The standard InChI is InChI=1S/C17H19FN2O/c18-15-8-4-5-13(11-15)9-10-20-17(21)16(12-19)14-6-2-1-3-7-14/h1-8,11,16H,9-10,12,19H2,(H,20,21). The summed E-state index contributed by atoms with van der Waals surface area (Å²) in [6, 6.07) is 15.8. The number of benzene rings is 2. The Balaban J connectivity index is 1.89. The normalized spacial score (nSPS) is 11.9. The van der Waals surface area contributed by atoms with Gasteiger partial charge < -0.3 is 11.1 Å². The first-order valence-corrected chi connectivity index (χ1v) is 6.98. The van der Waals surface area contributed by atoms with Crippen molar-refractivity contribution in [2.24, 2.45) is 5.73 Å². The molecule has 0 aromatic heterocycles. The topological polar surface area (TPSA) is 55.1 Å². The molecule has 1 amide bonds. The number of rotatable bonds is 6. The number of hydrogen-bond donors (Lipinski definition) is 2. The summed E-state index contributed by atoms with van der Waals surface area (Å²) >= 11 is 0. The highest BCUT2D eigenvalue weighted by molar-refractivity contribution is 5.83. The molecular formula is C17H19FN2O. The first kappa shape index (κ1) is 15.2. The number of nitrogens with two attached hydrogens (primary N) is 1. The predicted molar refractivity (Wildman–Crippen MR) is 81.4 cm³/mol. The van der Waals surface area contributed by atoms with Gasteiger partial charge in [-0.3, -0.25) is 4.79 Å². The second kappa shape index (κ2) is 7.55. The number of carbonyl (C=O) groups excluding carboxylic acids is 1. The summed E-state index contributed by atoms with van der Waals surface area (Å²) < 4.78 is 13.1. The van der Waals surface area contributed by atoms with E-state index in [9.17, 15) is 9.18 Å². The van der Waals surface area contributed by atoms with Gasteiger partial charge in [-0.1, -0.05) is 42.5 Å². The molecule has 1 atom stereocenters. The Kier molecular flexibility index (Phi) is 5.46. The minimum atomic E-state index is -0.348. The molecule has 2 aromatic rings. The average Bonchev–Trinajstić information content (AvgIpc) is 2.49. The number of nitrogens with one attached hydrogen (secondary N) is 1. The minimum Gasteiger partial charge on any atom is -0.355 e. The van der Waals surface area contributed by atoms with E-state index in [-0.39, 0.29) is 24.2 Å². The molecule has 0 aliphatic heterocycles. The highest BCUT2D eigenvalue weighted by Crippen LogP contribution is 2.14. The van der Waals surface area contributed by atoms with Crippen LogP contribution in [-0.4, -0.2) is 19.0 Å². The van der Waals surface area contributed by atoms with Crippen molar-refractivity contribution in [1.29, 1.82) is 0 Å². The first-order chi connectivity index (χ1) is 10.2. The molecule has 0 heterocycles. The van der Waals surface area contributed by atoms with Crippen molar-refractivity contribution in [3.05, 3.63) is 71.5 Å². The van der Waals surface area contributed by atoms with Crippen molar-refractivity contribution in [2.75, 3.05) is 13.1 Å². The zero-order valence-corrected chi connectivity index (χ0v) is 11.8. The Morgan fingerprint density at radius 2 is 1.90 bits per heavy atom. The van der Waals surface area contributed by atoms with E-state index in [1.807, 2.05) is 36.4 Å². The molecule has 0 bridgehead atoms. The summed E-state index contributed by atoms with van der Waals surface area (Å²) in [5.41, 5.74) is 7.46. The third kappa shape index (κ3) is 4.39. The molecule has 0 spiro atoms. The summed E-state index contributed by atoms with van der Waals surface area (Å²) in [6.07, 6.45) is 0.593. The van der Waals surface area contributed by atoms with Crippen LogP contribution in [-0.2, 0) is 11.2 Å². The predicted octanol–water partition coefficient (Wildman–Crippen LogP) is 2.23. The maximum Gasteiger partial charge on any atom is 0.228 e. The molecule has 0 aliphatic rings. The first-order valence-electron chi connectivity index (χ1n) is 6.98. The molecule has 0 fully saturated rings. The van der Waals surface area contributed by atoms with Crippen LogP contribution in [0, 0.1) is 5.82 Å². The maximum absolute atomic E-state index is 13.1. The van der Waals surface area contributed by atoms with E-state index in [1.165, 1.54) is 12.1 Å². The van der Waals surface area contributed by atoms with E-state index in [0.717, 1.165) is 11.1 Å². The Labute approximate surface area is 124 Å². The molecule has 0 saturated carbocycles. The maximum atomic E-state index is 13.1. The smallest absolute Gasteiger partial charge is 0.228 e. The van der Waals surface area contributed by atoms with E-state index in [2.05, 4.69) is 5.32 Å². The fraction of sp³-hybridized carbons (Fsp3) is 0.235. The van der Waals surface area contributed by atoms with E-state index < -0.39 is 0 Å². The molecule has 0 radical (unpaired) electrons. The quantitative estimate of drug-likeness (QED) is 0.855. The van der Waals surface area contributed by atoms with Gasteiger partial charge in [-0.2, -0.15) is 0 Å². The van der Waals surface area contributed by atoms with Gasteiger partial charge >= 0.3 is 0 Å². The van der Waals surface area contributed by atoms with Crippen LogP contribution in [0.5, 0.6) is 0 Å². The molecule has 4 heteroatoms. The monoisotopic (exact) mass is 286 g/mol. The number of amides is 1. The van der Waals surface area contributed by atoms with Crippen LogP contribution >= 0.6 is 0 Å². The van der Waals surface area contributed by atoms with Gasteiger partial charge in [-0.05, 0) is 29.7 Å². The molecule has 3 nitrogen and oxygen atoms in total. The van der Waals surface area contributed by atoms with E-state index in [4.69, 9.17) is 5.73 Å². The highest BCUT2D eigenvalue weighted by Gasteiger charge is 2.17. The summed E-state index contributed by atoms with van der Waals surface area (Å²) in [4.78, 5) is 12.2. The number of hydrogen-bond acceptors (Lipinski definition) is 2. The van der Waals surface area contributed by atoms with Gasteiger partial charge in [0, 0.05) is 13.1 Å². The summed E-state index contributed by atoms with van der Waals surface area (Å²) in [5, 5.41) is 2.86. The van der Waals surface area contributed by atoms with Crippen LogP contribution in [0.15, 0.2) is 54.6 Å². The molecule has 110 valence electrons. The van der Waals surface area contributed by atoms with Gasteiger partial charge in [0.05, 0.1) is 5.92 Å². The lowest BCUT2D eigenvalue weighted by Crippen LogP contribution is -2.34. The summed E-state index contributed by atoms with van der Waals surface area (Å²) in [7, 11) is 0. The van der Waals surface area contributed by atoms with Crippen molar-refractivity contribution in [2.45, 2.75) is 12.3 Å². The lowest BCUT2D eigenvalue weighted by atomic mass is 9.98. The molecule has 3 N–H and O–H groups in total. The number of carbonyl (C=O) groups is 1. The fourth-order valence-electron chi connectivity index (χ4n) is 2.23. The van der Waals surface area contributed by atoms with Crippen LogP contribution < -0.4 is 11.1 Å². The Bertz CT molecular complexity index is 586. The van der Waals surface area contributed by atoms with Crippen LogP contribution in [0.2, 0.25) is 0 Å². The molecular weight excluding hydrogens is 267 g/mol. The van der Waals surface area contributed by atoms with Gasteiger partial charge in [-0.15, -0.1) is 0 Å². The van der Waals surface area contributed by atoms with Gasteiger partial charge in [0.15, 0.2) is 0 Å². The van der Waals surface area contributed by atoms with Crippen molar-refractivity contribution in [3.63, 3.8) is 0 Å². The lowest BCUT2D eigenvalue weighted by Gasteiger charge is -2.15. The molecule has 1 unspecified atom stereocenters. The van der Waals surface area contributed by atoms with Gasteiger partial charge in [0.1, 0.15) is 5.82 Å². The zero-order chi connectivity index (χ0) is 15.1. The Morgan fingerprint density at radius 3 is 2.57 bits per heavy atom. The third-order valence-corrected chi connectivity index (χ3v) is 3.36. The highest BCUT2D eigenvalue weighted by atomic mass is 19.1.